The van der Waals surface area contributed by atoms with Crippen LogP contribution in [-0.4, -0.2) is 20.5 Å². The van der Waals surface area contributed by atoms with Gasteiger partial charge in [0.15, 0.2) is 5.78 Å². The summed E-state index contributed by atoms with van der Waals surface area (Å²) in [5.74, 6) is -0.252. The molecule has 0 fully saturated rings. The molecule has 3 rings (SSSR count). The van der Waals surface area contributed by atoms with E-state index in [1.54, 1.807) is 22.9 Å². The van der Waals surface area contributed by atoms with Gasteiger partial charge in [0.25, 0.3) is 5.69 Å². The average Bonchev–Trinajstić information content (AvgIpc) is 3.02. The highest BCUT2D eigenvalue weighted by Crippen LogP contribution is 2.20. The van der Waals surface area contributed by atoms with Crippen LogP contribution in [0, 0.1) is 17.0 Å². The number of para-hydroxylation sites is 2. The molecule has 0 radical (unpaired) electrons. The number of nitro benzene ring substituents is 1. The molecule has 25 heavy (non-hydrogen) atoms. The number of carbonyl (C=O) groups excluding carboxylic acids is 1. The van der Waals surface area contributed by atoms with Gasteiger partial charge in [0, 0.05) is 6.07 Å². The third-order valence-electron chi connectivity index (χ3n) is 3.82. The first-order chi connectivity index (χ1) is 12.1. The highest BCUT2D eigenvalue weighted by Gasteiger charge is 2.14. The Morgan fingerprint density at radius 1 is 1.12 bits per heavy atom. The molecule has 6 nitrogen and oxygen atoms in total. The number of allylic oxidation sites excluding steroid dienone is 1. The molecule has 0 amide bonds. The Hall–Kier alpha value is -3.54. The summed E-state index contributed by atoms with van der Waals surface area (Å²) in [5, 5.41) is 15.3. The van der Waals surface area contributed by atoms with Gasteiger partial charge in [-0.05, 0) is 37.3 Å². The van der Waals surface area contributed by atoms with Gasteiger partial charge < -0.3 is 0 Å². The molecule has 0 saturated carbocycles. The number of benzene rings is 2. The molecule has 0 spiro atoms. The molecule has 0 saturated heterocycles. The fraction of sp³-hybridized carbons (Fsp3) is 0.0526. The highest BCUT2D eigenvalue weighted by atomic mass is 16.6. The van der Waals surface area contributed by atoms with Crippen molar-refractivity contribution in [2.45, 2.75) is 6.92 Å². The first-order valence-corrected chi connectivity index (χ1v) is 7.64. The zero-order valence-corrected chi connectivity index (χ0v) is 13.5. The van der Waals surface area contributed by atoms with Crippen LogP contribution in [0.1, 0.15) is 21.6 Å². The van der Waals surface area contributed by atoms with Crippen LogP contribution in [0.25, 0.3) is 11.8 Å². The summed E-state index contributed by atoms with van der Waals surface area (Å²) in [4.78, 5) is 23.0. The number of hydrogen-bond acceptors (Lipinski definition) is 4. The summed E-state index contributed by atoms with van der Waals surface area (Å²) >= 11 is 0. The second-order valence-electron chi connectivity index (χ2n) is 5.40. The Labute approximate surface area is 144 Å². The van der Waals surface area contributed by atoms with Gasteiger partial charge in [0.1, 0.15) is 0 Å². The molecule has 124 valence electrons. The van der Waals surface area contributed by atoms with Crippen LogP contribution >= 0.6 is 0 Å². The van der Waals surface area contributed by atoms with Gasteiger partial charge in [-0.25, -0.2) is 4.68 Å². The Kier molecular flexibility index (Phi) is 4.52. The van der Waals surface area contributed by atoms with Gasteiger partial charge in [0.05, 0.1) is 33.6 Å². The minimum Gasteiger partial charge on any atom is -0.289 e. The third kappa shape index (κ3) is 3.37. The lowest BCUT2D eigenvalue weighted by Gasteiger charge is -2.04. The van der Waals surface area contributed by atoms with Crippen molar-refractivity contribution in [2.24, 2.45) is 0 Å². The molecular formula is C19H15N3O3. The maximum absolute atomic E-state index is 12.5. The molecule has 0 aliphatic rings. The summed E-state index contributed by atoms with van der Waals surface area (Å²) < 4.78 is 1.69. The van der Waals surface area contributed by atoms with Crippen molar-refractivity contribution in [3.8, 4) is 5.69 Å². The van der Waals surface area contributed by atoms with Crippen molar-refractivity contribution in [1.29, 1.82) is 0 Å². The number of nitro groups is 1. The SMILES string of the molecule is Cc1c(C(=O)C=Cc2ccccc2[N+](=O)[O-])cnn1-c1ccccc1. The number of hydrogen-bond donors (Lipinski definition) is 0. The summed E-state index contributed by atoms with van der Waals surface area (Å²) in [7, 11) is 0. The fourth-order valence-corrected chi connectivity index (χ4v) is 2.53. The minimum atomic E-state index is -0.469. The summed E-state index contributed by atoms with van der Waals surface area (Å²) in [6.07, 6.45) is 4.30. The number of carbonyl (C=O) groups is 1. The minimum absolute atomic E-state index is 0.0387. The van der Waals surface area contributed by atoms with Gasteiger partial charge in [0.2, 0.25) is 0 Å². The van der Waals surface area contributed by atoms with Crippen LogP contribution in [0.15, 0.2) is 66.9 Å². The molecule has 0 aliphatic heterocycles. The Bertz CT molecular complexity index is 959. The predicted octanol–water partition coefficient (Wildman–Crippen LogP) is 3.99. The highest BCUT2D eigenvalue weighted by molar-refractivity contribution is 6.07. The second-order valence-corrected chi connectivity index (χ2v) is 5.40. The number of rotatable bonds is 5. The van der Waals surface area contributed by atoms with E-state index >= 15 is 0 Å². The van der Waals surface area contributed by atoms with Crippen LogP contribution in [0.2, 0.25) is 0 Å². The van der Waals surface area contributed by atoms with Gasteiger partial charge in [-0.3, -0.25) is 14.9 Å². The van der Waals surface area contributed by atoms with E-state index in [1.807, 2.05) is 37.3 Å². The summed E-state index contributed by atoms with van der Waals surface area (Å²) in [6.45, 7) is 1.81. The van der Waals surface area contributed by atoms with E-state index in [2.05, 4.69) is 5.10 Å². The quantitative estimate of drug-likeness (QED) is 0.306. The van der Waals surface area contributed by atoms with E-state index in [4.69, 9.17) is 0 Å². The molecule has 1 heterocycles. The van der Waals surface area contributed by atoms with E-state index in [-0.39, 0.29) is 11.5 Å². The normalized spacial score (nSPS) is 10.9. The van der Waals surface area contributed by atoms with Crippen molar-refractivity contribution in [1.82, 2.24) is 9.78 Å². The van der Waals surface area contributed by atoms with Crippen LogP contribution in [-0.2, 0) is 0 Å². The smallest absolute Gasteiger partial charge is 0.276 e. The van der Waals surface area contributed by atoms with Crippen molar-refractivity contribution in [3.05, 3.63) is 93.8 Å². The zero-order valence-electron chi connectivity index (χ0n) is 13.5. The van der Waals surface area contributed by atoms with Crippen molar-refractivity contribution >= 4 is 17.5 Å². The molecule has 2 aromatic carbocycles. The van der Waals surface area contributed by atoms with Crippen molar-refractivity contribution < 1.29 is 9.72 Å². The molecule has 0 bridgehead atoms. The number of aromatic nitrogens is 2. The molecule has 6 heteroatoms. The van der Waals surface area contributed by atoms with Crippen LogP contribution < -0.4 is 0 Å². The second kappa shape index (κ2) is 6.92. The van der Waals surface area contributed by atoms with Gasteiger partial charge in [-0.15, -0.1) is 0 Å². The zero-order chi connectivity index (χ0) is 17.8. The lowest BCUT2D eigenvalue weighted by molar-refractivity contribution is -0.385. The van der Waals surface area contributed by atoms with E-state index in [9.17, 15) is 14.9 Å². The molecule has 1 aromatic heterocycles. The first-order valence-electron chi connectivity index (χ1n) is 7.64. The monoisotopic (exact) mass is 333 g/mol. The standard InChI is InChI=1S/C19H15N3O3/c1-14-17(13-20-21(14)16-8-3-2-4-9-16)19(23)12-11-15-7-5-6-10-18(15)22(24)25/h2-13H,1H3. The maximum atomic E-state index is 12.5. The molecule has 0 atom stereocenters. The Balaban J connectivity index is 1.88. The van der Waals surface area contributed by atoms with Gasteiger partial charge in [-0.1, -0.05) is 30.3 Å². The van der Waals surface area contributed by atoms with Gasteiger partial charge in [-0.2, -0.15) is 5.10 Å². The Morgan fingerprint density at radius 2 is 1.80 bits per heavy atom. The molecule has 0 aliphatic carbocycles. The third-order valence-corrected chi connectivity index (χ3v) is 3.82. The van der Waals surface area contributed by atoms with Crippen LogP contribution in [0.4, 0.5) is 5.69 Å². The fourth-order valence-electron chi connectivity index (χ4n) is 2.53. The largest absolute Gasteiger partial charge is 0.289 e. The van der Waals surface area contributed by atoms with Gasteiger partial charge >= 0.3 is 0 Å². The van der Waals surface area contributed by atoms with E-state index < -0.39 is 4.92 Å². The van der Waals surface area contributed by atoms with E-state index in [1.165, 1.54) is 24.4 Å². The average molecular weight is 333 g/mol. The summed E-state index contributed by atoms with van der Waals surface area (Å²) in [6, 6.07) is 15.8. The topological polar surface area (TPSA) is 78.0 Å². The number of ketones is 1. The lowest BCUT2D eigenvalue weighted by Crippen LogP contribution is -2.01. The van der Waals surface area contributed by atoms with E-state index in [0.717, 1.165) is 5.69 Å². The van der Waals surface area contributed by atoms with Crippen molar-refractivity contribution in [2.75, 3.05) is 0 Å². The maximum Gasteiger partial charge on any atom is 0.276 e. The predicted molar refractivity (Wildman–Crippen MR) is 94.8 cm³/mol. The van der Waals surface area contributed by atoms with Crippen molar-refractivity contribution in [3.63, 3.8) is 0 Å². The Morgan fingerprint density at radius 3 is 2.52 bits per heavy atom. The first kappa shape index (κ1) is 16.3. The molecular weight excluding hydrogens is 318 g/mol. The molecule has 0 unspecified atom stereocenters. The van der Waals surface area contributed by atoms with E-state index in [0.29, 0.717) is 16.8 Å². The molecule has 3 aromatic rings. The lowest BCUT2D eigenvalue weighted by atomic mass is 10.1. The van der Waals surface area contributed by atoms with Crippen LogP contribution in [0.5, 0.6) is 0 Å². The number of nitrogens with zero attached hydrogens (tertiary/aromatic N) is 3. The van der Waals surface area contributed by atoms with Crippen LogP contribution in [0.3, 0.4) is 0 Å². The summed E-state index contributed by atoms with van der Waals surface area (Å²) in [5.41, 5.74) is 2.38. The molecule has 0 N–H and O–H groups in total.